The van der Waals surface area contributed by atoms with Gasteiger partial charge >= 0.3 is 0 Å². The van der Waals surface area contributed by atoms with Gasteiger partial charge in [0, 0.05) is 24.2 Å². The van der Waals surface area contributed by atoms with E-state index in [1.807, 2.05) is 6.07 Å². The second-order valence-corrected chi connectivity index (χ2v) is 12.2. The Kier molecular flexibility index (Phi) is 6.55. The Morgan fingerprint density at radius 1 is 0.838 bits per heavy atom. The van der Waals surface area contributed by atoms with Crippen LogP contribution in [-0.4, -0.2) is 53.2 Å². The molecule has 5 fully saturated rings. The molecule has 8 heteroatoms. The van der Waals surface area contributed by atoms with Crippen LogP contribution in [-0.2, 0) is 9.59 Å². The normalized spacial score (nSPS) is 32.2. The number of hydrogen-bond donors (Lipinski definition) is 3. The number of nitrogens with zero attached hydrogens (tertiary/aromatic N) is 1. The summed E-state index contributed by atoms with van der Waals surface area (Å²) in [7, 11) is 0. The zero-order chi connectivity index (χ0) is 25.6. The monoisotopic (exact) mass is 506 g/mol. The van der Waals surface area contributed by atoms with Gasteiger partial charge in [-0.2, -0.15) is 0 Å². The fourth-order valence-electron chi connectivity index (χ4n) is 8.10. The lowest BCUT2D eigenvalue weighted by Crippen LogP contribution is -2.58. The van der Waals surface area contributed by atoms with Gasteiger partial charge in [0.2, 0.25) is 11.8 Å². The Morgan fingerprint density at radius 2 is 1.49 bits per heavy atom. The molecule has 1 atom stereocenters. The highest BCUT2D eigenvalue weighted by atomic mass is 16.2. The first-order valence-electron chi connectivity index (χ1n) is 14.3. The van der Waals surface area contributed by atoms with E-state index in [4.69, 9.17) is 0 Å². The number of benzene rings is 1. The fourth-order valence-corrected chi connectivity index (χ4v) is 8.10. The maximum Gasteiger partial charge on any atom is 0.262 e. The molecule has 4 saturated carbocycles. The summed E-state index contributed by atoms with van der Waals surface area (Å²) in [5, 5.41) is 9.59. The number of anilines is 1. The minimum absolute atomic E-state index is 0.120. The van der Waals surface area contributed by atoms with Gasteiger partial charge in [0.25, 0.3) is 11.8 Å². The van der Waals surface area contributed by atoms with Crippen LogP contribution < -0.4 is 16.0 Å². The lowest BCUT2D eigenvalue weighted by atomic mass is 9.53. The summed E-state index contributed by atoms with van der Waals surface area (Å²) in [6.45, 7) is 1.93. The molecule has 37 heavy (non-hydrogen) atoms. The molecule has 198 valence electrons. The molecule has 0 radical (unpaired) electrons. The summed E-state index contributed by atoms with van der Waals surface area (Å²) in [4.78, 5) is 50.5. The lowest BCUT2D eigenvalue weighted by molar-refractivity contribution is -0.136. The van der Waals surface area contributed by atoms with Gasteiger partial charge in [0.15, 0.2) is 0 Å². The first kappa shape index (κ1) is 24.6. The van der Waals surface area contributed by atoms with E-state index in [2.05, 4.69) is 16.0 Å². The van der Waals surface area contributed by atoms with Crippen LogP contribution in [0.3, 0.4) is 0 Å². The van der Waals surface area contributed by atoms with Crippen LogP contribution in [0.5, 0.6) is 0 Å². The zero-order valence-electron chi connectivity index (χ0n) is 21.5. The van der Waals surface area contributed by atoms with Gasteiger partial charge in [-0.05, 0) is 100 Å². The topological polar surface area (TPSA) is 108 Å². The predicted molar refractivity (Wildman–Crippen MR) is 139 cm³/mol. The summed E-state index contributed by atoms with van der Waals surface area (Å²) in [6, 6.07) is 4.24. The van der Waals surface area contributed by atoms with Gasteiger partial charge in [0.05, 0.1) is 11.1 Å². The molecule has 0 aromatic heterocycles. The van der Waals surface area contributed by atoms with E-state index in [0.717, 1.165) is 54.3 Å². The Bertz CT molecular complexity index is 1080. The molecule has 2 aliphatic heterocycles. The van der Waals surface area contributed by atoms with Crippen molar-refractivity contribution >= 4 is 29.3 Å². The molecular formula is C29H38N4O4. The van der Waals surface area contributed by atoms with E-state index in [1.54, 1.807) is 12.1 Å². The Morgan fingerprint density at radius 3 is 2.16 bits per heavy atom. The van der Waals surface area contributed by atoms with E-state index in [0.29, 0.717) is 16.7 Å². The van der Waals surface area contributed by atoms with E-state index >= 15 is 0 Å². The van der Waals surface area contributed by atoms with E-state index in [1.165, 1.54) is 51.4 Å². The van der Waals surface area contributed by atoms with Crippen molar-refractivity contribution in [1.82, 2.24) is 15.5 Å². The molecule has 4 amide bonds. The van der Waals surface area contributed by atoms with Gasteiger partial charge in [-0.1, -0.05) is 12.8 Å². The standard InChI is InChI=1S/C29H38N4O4/c34-25-8-7-24(26(35)32-25)33-27(36)22-6-5-21(14-23(22)28(33)37)30-9-3-1-2-4-10-31-29-15-18-11-19(16-29)13-20(12-18)17-29/h5-6,14,18-20,24,30-31H,1-4,7-13,15-17H2,(H,32,34,35). The number of carbonyl (C=O) groups excluding carboxylic acids is 4. The maximum atomic E-state index is 13.0. The molecule has 4 bridgehead atoms. The Balaban J connectivity index is 0.925. The smallest absolute Gasteiger partial charge is 0.262 e. The number of piperidine rings is 1. The summed E-state index contributed by atoms with van der Waals surface area (Å²) < 4.78 is 0. The number of nitrogens with one attached hydrogen (secondary N) is 3. The van der Waals surface area contributed by atoms with Crippen molar-refractivity contribution in [2.75, 3.05) is 18.4 Å². The molecule has 6 aliphatic rings. The van der Waals surface area contributed by atoms with Crippen molar-refractivity contribution in [1.29, 1.82) is 0 Å². The molecule has 1 saturated heterocycles. The van der Waals surface area contributed by atoms with E-state index in [9.17, 15) is 19.2 Å². The van der Waals surface area contributed by atoms with Crippen LogP contribution in [0.2, 0.25) is 0 Å². The van der Waals surface area contributed by atoms with Crippen LogP contribution in [0, 0.1) is 17.8 Å². The zero-order valence-corrected chi connectivity index (χ0v) is 21.5. The van der Waals surface area contributed by atoms with Crippen molar-refractivity contribution in [3.63, 3.8) is 0 Å². The van der Waals surface area contributed by atoms with Gasteiger partial charge in [0.1, 0.15) is 6.04 Å². The number of unbranched alkanes of at least 4 members (excludes halogenated alkanes) is 3. The molecule has 1 aromatic rings. The average Bonchev–Trinajstić information content (AvgIpc) is 3.09. The third kappa shape index (κ3) is 4.80. The van der Waals surface area contributed by atoms with Crippen molar-refractivity contribution in [2.24, 2.45) is 17.8 Å². The number of fused-ring (bicyclic) bond motifs is 1. The highest BCUT2D eigenvalue weighted by molar-refractivity contribution is 6.23. The van der Waals surface area contributed by atoms with Crippen molar-refractivity contribution < 1.29 is 19.2 Å². The first-order valence-corrected chi connectivity index (χ1v) is 14.3. The van der Waals surface area contributed by atoms with Crippen LogP contribution in [0.15, 0.2) is 18.2 Å². The van der Waals surface area contributed by atoms with Crippen LogP contribution >= 0.6 is 0 Å². The van der Waals surface area contributed by atoms with Gasteiger partial charge in [-0.15, -0.1) is 0 Å². The lowest BCUT2D eigenvalue weighted by Gasteiger charge is -2.57. The average molecular weight is 507 g/mol. The van der Waals surface area contributed by atoms with Crippen LogP contribution in [0.4, 0.5) is 5.69 Å². The highest BCUT2D eigenvalue weighted by Crippen LogP contribution is 2.55. The summed E-state index contributed by atoms with van der Waals surface area (Å²) in [6.07, 6.45) is 13.6. The molecule has 1 unspecified atom stereocenters. The van der Waals surface area contributed by atoms with Crippen LogP contribution in [0.25, 0.3) is 0 Å². The van der Waals surface area contributed by atoms with Gasteiger partial charge in [-0.25, -0.2) is 0 Å². The first-order chi connectivity index (χ1) is 17.9. The maximum absolute atomic E-state index is 13.0. The summed E-state index contributed by atoms with van der Waals surface area (Å²) in [5.41, 5.74) is 1.88. The molecular weight excluding hydrogens is 468 g/mol. The number of carbonyl (C=O) groups is 4. The highest BCUT2D eigenvalue weighted by Gasteiger charge is 2.50. The van der Waals surface area contributed by atoms with E-state index < -0.39 is 23.8 Å². The number of amides is 4. The minimum Gasteiger partial charge on any atom is -0.385 e. The second kappa shape index (κ2) is 9.86. The van der Waals surface area contributed by atoms with Crippen molar-refractivity contribution in [3.05, 3.63) is 29.3 Å². The SMILES string of the molecule is O=C1CCC(N2C(=O)c3ccc(NCCCCCCNC45CC6CC(CC(C6)C4)C5)cc3C2=O)C(=O)N1. The fraction of sp³-hybridized carbons (Fsp3) is 0.655. The predicted octanol–water partition coefficient (Wildman–Crippen LogP) is 3.62. The van der Waals surface area contributed by atoms with Crippen molar-refractivity contribution in [3.8, 4) is 0 Å². The number of rotatable bonds is 10. The number of imide groups is 2. The Hall–Kier alpha value is -2.74. The molecule has 2 heterocycles. The summed E-state index contributed by atoms with van der Waals surface area (Å²) in [5.74, 6) is 1.06. The third-order valence-electron chi connectivity index (χ3n) is 9.41. The molecule has 0 spiro atoms. The minimum atomic E-state index is -0.932. The summed E-state index contributed by atoms with van der Waals surface area (Å²) >= 11 is 0. The molecule has 1 aromatic carbocycles. The quantitative estimate of drug-likeness (QED) is 0.331. The number of hydrogen-bond acceptors (Lipinski definition) is 6. The van der Waals surface area contributed by atoms with Gasteiger partial charge < -0.3 is 10.6 Å². The Labute approximate surface area is 218 Å². The molecule has 3 N–H and O–H groups in total. The van der Waals surface area contributed by atoms with E-state index in [-0.39, 0.29) is 18.7 Å². The van der Waals surface area contributed by atoms with Crippen LogP contribution in [0.1, 0.15) is 97.8 Å². The molecule has 8 nitrogen and oxygen atoms in total. The molecule has 7 rings (SSSR count). The third-order valence-corrected chi connectivity index (χ3v) is 9.41. The van der Waals surface area contributed by atoms with Crippen molar-refractivity contribution in [2.45, 2.75) is 88.6 Å². The molecule has 4 aliphatic carbocycles. The van der Waals surface area contributed by atoms with Gasteiger partial charge in [-0.3, -0.25) is 29.4 Å². The second-order valence-electron chi connectivity index (χ2n) is 12.2. The largest absolute Gasteiger partial charge is 0.385 e.